The van der Waals surface area contributed by atoms with Crippen molar-refractivity contribution in [1.82, 2.24) is 10.7 Å². The molecule has 0 radical (unpaired) electrons. The van der Waals surface area contributed by atoms with E-state index >= 15 is 0 Å². The van der Waals surface area contributed by atoms with E-state index in [1.807, 2.05) is 13.8 Å². The third kappa shape index (κ3) is 5.54. The fourth-order valence-electron chi connectivity index (χ4n) is 1.88. The molecule has 1 aliphatic rings. The highest BCUT2D eigenvalue weighted by Crippen LogP contribution is 2.31. The zero-order chi connectivity index (χ0) is 17.4. The lowest BCUT2D eigenvalue weighted by atomic mass is 10.2. The molecule has 0 saturated carbocycles. The van der Waals surface area contributed by atoms with Crippen molar-refractivity contribution in [1.29, 1.82) is 0 Å². The number of carbonyl (C=O) groups excluding carboxylic acids is 2. The van der Waals surface area contributed by atoms with Crippen LogP contribution in [-0.4, -0.2) is 44.1 Å². The molecule has 0 fully saturated rings. The number of benzene rings is 1. The third-order valence-electron chi connectivity index (χ3n) is 3.04. The van der Waals surface area contributed by atoms with Crippen LogP contribution in [0.15, 0.2) is 23.3 Å². The SMILES string of the molecule is CC(C)OCCCNC(=O)C(=O)NN=Cc1ccc2c(c1)OCO2. The van der Waals surface area contributed by atoms with Crippen molar-refractivity contribution in [3.63, 3.8) is 0 Å². The quantitative estimate of drug-likeness (QED) is 0.332. The maximum Gasteiger partial charge on any atom is 0.329 e. The number of nitrogens with one attached hydrogen (secondary N) is 2. The largest absolute Gasteiger partial charge is 0.454 e. The molecule has 0 bridgehead atoms. The van der Waals surface area contributed by atoms with Gasteiger partial charge in [0, 0.05) is 13.2 Å². The smallest absolute Gasteiger partial charge is 0.329 e. The minimum absolute atomic E-state index is 0.148. The summed E-state index contributed by atoms with van der Waals surface area (Å²) in [6.07, 6.45) is 2.20. The summed E-state index contributed by atoms with van der Waals surface area (Å²) in [6.45, 7) is 4.95. The number of carbonyl (C=O) groups is 2. The van der Waals surface area contributed by atoms with Crippen molar-refractivity contribution in [2.45, 2.75) is 26.4 Å². The minimum Gasteiger partial charge on any atom is -0.454 e. The Balaban J connectivity index is 1.69. The first kappa shape index (κ1) is 17.7. The zero-order valence-corrected chi connectivity index (χ0v) is 13.7. The van der Waals surface area contributed by atoms with Gasteiger partial charge in [-0.2, -0.15) is 5.10 Å². The summed E-state index contributed by atoms with van der Waals surface area (Å²) in [5.41, 5.74) is 2.89. The Kier molecular flexibility index (Phi) is 6.56. The predicted molar refractivity (Wildman–Crippen MR) is 87.0 cm³/mol. The summed E-state index contributed by atoms with van der Waals surface area (Å²) < 4.78 is 15.8. The van der Waals surface area contributed by atoms with Crippen molar-refractivity contribution in [2.24, 2.45) is 5.10 Å². The van der Waals surface area contributed by atoms with Crippen LogP contribution < -0.4 is 20.2 Å². The van der Waals surface area contributed by atoms with Crippen LogP contribution >= 0.6 is 0 Å². The maximum atomic E-state index is 11.6. The molecule has 0 atom stereocenters. The summed E-state index contributed by atoms with van der Waals surface area (Å²) in [5.74, 6) is -0.275. The van der Waals surface area contributed by atoms with Crippen LogP contribution in [0.3, 0.4) is 0 Å². The average molecular weight is 335 g/mol. The van der Waals surface area contributed by atoms with Crippen molar-refractivity contribution >= 4 is 18.0 Å². The van der Waals surface area contributed by atoms with Gasteiger partial charge in [0.25, 0.3) is 0 Å². The Morgan fingerprint density at radius 1 is 1.29 bits per heavy atom. The second kappa shape index (κ2) is 8.88. The number of fused-ring (bicyclic) bond motifs is 1. The van der Waals surface area contributed by atoms with Crippen LogP contribution in [0.1, 0.15) is 25.8 Å². The molecule has 0 unspecified atom stereocenters. The molecule has 2 N–H and O–H groups in total. The number of hydrogen-bond acceptors (Lipinski definition) is 6. The van der Waals surface area contributed by atoms with Gasteiger partial charge in [0.1, 0.15) is 0 Å². The van der Waals surface area contributed by atoms with Gasteiger partial charge in [-0.05, 0) is 44.0 Å². The zero-order valence-electron chi connectivity index (χ0n) is 13.7. The Morgan fingerprint density at radius 3 is 2.88 bits per heavy atom. The summed E-state index contributed by atoms with van der Waals surface area (Å²) in [4.78, 5) is 23.1. The lowest BCUT2D eigenvalue weighted by molar-refractivity contribution is -0.139. The molecule has 2 amide bonds. The van der Waals surface area contributed by atoms with Crippen LogP contribution in [0.4, 0.5) is 0 Å². The van der Waals surface area contributed by atoms with Gasteiger partial charge in [0.05, 0.1) is 12.3 Å². The lowest BCUT2D eigenvalue weighted by Gasteiger charge is -2.07. The molecule has 1 aliphatic heterocycles. The Morgan fingerprint density at radius 2 is 2.08 bits per heavy atom. The molecule has 0 saturated heterocycles. The molecule has 130 valence electrons. The van der Waals surface area contributed by atoms with E-state index in [2.05, 4.69) is 15.8 Å². The number of amides is 2. The number of ether oxygens (including phenoxy) is 3. The second-order valence-corrected chi connectivity index (χ2v) is 5.34. The highest BCUT2D eigenvalue weighted by molar-refractivity contribution is 6.35. The molecule has 1 heterocycles. The fraction of sp³-hybridized carbons (Fsp3) is 0.438. The molecule has 0 aromatic heterocycles. The maximum absolute atomic E-state index is 11.6. The van der Waals surface area contributed by atoms with E-state index in [4.69, 9.17) is 14.2 Å². The number of nitrogens with zero attached hydrogens (tertiary/aromatic N) is 1. The number of hydrogen-bond donors (Lipinski definition) is 2. The highest BCUT2D eigenvalue weighted by atomic mass is 16.7. The normalized spacial score (nSPS) is 12.6. The first-order valence-electron chi connectivity index (χ1n) is 7.68. The van der Waals surface area contributed by atoms with Gasteiger partial charge in [0.2, 0.25) is 6.79 Å². The molecule has 8 heteroatoms. The van der Waals surface area contributed by atoms with Gasteiger partial charge >= 0.3 is 11.8 Å². The molecule has 8 nitrogen and oxygen atoms in total. The van der Waals surface area contributed by atoms with Crippen LogP contribution in [0, 0.1) is 0 Å². The van der Waals surface area contributed by atoms with Gasteiger partial charge in [0.15, 0.2) is 11.5 Å². The predicted octanol–water partition coefficient (Wildman–Crippen LogP) is 0.797. The number of rotatable bonds is 7. The topological polar surface area (TPSA) is 98.2 Å². The number of hydrazone groups is 1. The van der Waals surface area contributed by atoms with Crippen LogP contribution in [-0.2, 0) is 14.3 Å². The molecule has 1 aromatic carbocycles. The van der Waals surface area contributed by atoms with Crippen LogP contribution in [0.25, 0.3) is 0 Å². The van der Waals surface area contributed by atoms with Gasteiger partial charge < -0.3 is 19.5 Å². The summed E-state index contributed by atoms with van der Waals surface area (Å²) in [5, 5.41) is 6.25. The lowest BCUT2D eigenvalue weighted by Crippen LogP contribution is -2.38. The van der Waals surface area contributed by atoms with E-state index < -0.39 is 11.8 Å². The van der Waals surface area contributed by atoms with E-state index in [0.29, 0.717) is 36.6 Å². The molecule has 0 aliphatic carbocycles. The van der Waals surface area contributed by atoms with E-state index in [1.54, 1.807) is 18.2 Å². The summed E-state index contributed by atoms with van der Waals surface area (Å²) in [6, 6.07) is 5.24. The van der Waals surface area contributed by atoms with E-state index in [0.717, 1.165) is 0 Å². The van der Waals surface area contributed by atoms with Crippen molar-refractivity contribution in [3.8, 4) is 11.5 Å². The fourth-order valence-corrected chi connectivity index (χ4v) is 1.88. The van der Waals surface area contributed by atoms with Crippen molar-refractivity contribution in [3.05, 3.63) is 23.8 Å². The third-order valence-corrected chi connectivity index (χ3v) is 3.04. The average Bonchev–Trinajstić information content (AvgIpc) is 3.01. The van der Waals surface area contributed by atoms with Crippen molar-refractivity contribution in [2.75, 3.05) is 19.9 Å². The molecule has 0 spiro atoms. The Bertz CT molecular complexity index is 616. The summed E-state index contributed by atoms with van der Waals surface area (Å²) in [7, 11) is 0. The van der Waals surface area contributed by atoms with Gasteiger partial charge in [-0.3, -0.25) is 9.59 Å². The van der Waals surface area contributed by atoms with E-state index in [1.165, 1.54) is 6.21 Å². The van der Waals surface area contributed by atoms with Crippen LogP contribution in [0.5, 0.6) is 11.5 Å². The van der Waals surface area contributed by atoms with Crippen LogP contribution in [0.2, 0.25) is 0 Å². The van der Waals surface area contributed by atoms with Crippen molar-refractivity contribution < 1.29 is 23.8 Å². The minimum atomic E-state index is -0.822. The first-order chi connectivity index (χ1) is 11.6. The summed E-state index contributed by atoms with van der Waals surface area (Å²) >= 11 is 0. The molecular weight excluding hydrogens is 314 g/mol. The second-order valence-electron chi connectivity index (χ2n) is 5.34. The van der Waals surface area contributed by atoms with Gasteiger partial charge in [-0.25, -0.2) is 5.43 Å². The molecular formula is C16H21N3O5. The Labute approximate surface area is 140 Å². The van der Waals surface area contributed by atoms with E-state index in [-0.39, 0.29) is 12.9 Å². The molecule has 24 heavy (non-hydrogen) atoms. The Hall–Kier alpha value is -2.61. The van der Waals surface area contributed by atoms with Gasteiger partial charge in [-0.15, -0.1) is 0 Å². The molecule has 2 rings (SSSR count). The molecule has 1 aromatic rings. The monoisotopic (exact) mass is 335 g/mol. The first-order valence-corrected chi connectivity index (χ1v) is 7.68. The van der Waals surface area contributed by atoms with Gasteiger partial charge in [-0.1, -0.05) is 0 Å². The highest BCUT2D eigenvalue weighted by Gasteiger charge is 2.13. The standard InChI is InChI=1S/C16H21N3O5/c1-11(2)22-7-3-6-17-15(20)16(21)19-18-9-12-4-5-13-14(8-12)24-10-23-13/h4-5,8-9,11H,3,6-7,10H2,1-2H3,(H,17,20)(H,19,21). The van der Waals surface area contributed by atoms with E-state index in [9.17, 15) is 9.59 Å².